The van der Waals surface area contributed by atoms with Crippen molar-refractivity contribution < 1.29 is 22.4 Å². The molecule has 1 aromatic carbocycles. The van der Waals surface area contributed by atoms with E-state index in [4.69, 9.17) is 4.42 Å². The third-order valence-electron chi connectivity index (χ3n) is 3.66. The van der Waals surface area contributed by atoms with E-state index < -0.39 is 17.5 Å². The van der Waals surface area contributed by atoms with Crippen molar-refractivity contribution in [3.05, 3.63) is 57.5 Å². The molecule has 110 valence electrons. The molecule has 0 spiro atoms. The fraction of sp³-hybridized carbons (Fsp3) is 0.267. The largest absolute Gasteiger partial charge is 0.468 e. The van der Waals surface area contributed by atoms with Crippen molar-refractivity contribution in [1.29, 1.82) is 0 Å². The van der Waals surface area contributed by atoms with Crippen molar-refractivity contribution in [2.75, 3.05) is 0 Å². The van der Waals surface area contributed by atoms with Crippen LogP contribution in [0.5, 0.6) is 0 Å². The number of hydrogen-bond donors (Lipinski definition) is 0. The Bertz CT molecular complexity index is 703. The van der Waals surface area contributed by atoms with Crippen molar-refractivity contribution >= 4 is 21.7 Å². The quantitative estimate of drug-likeness (QED) is 0.720. The third kappa shape index (κ3) is 2.52. The van der Waals surface area contributed by atoms with Gasteiger partial charge in [-0.2, -0.15) is 13.2 Å². The lowest BCUT2D eigenvalue weighted by atomic mass is 9.82. The van der Waals surface area contributed by atoms with Crippen molar-refractivity contribution in [3.63, 3.8) is 0 Å². The minimum Gasteiger partial charge on any atom is -0.468 e. The summed E-state index contributed by atoms with van der Waals surface area (Å²) in [6.45, 7) is 0. The Labute approximate surface area is 127 Å². The van der Waals surface area contributed by atoms with Gasteiger partial charge in [-0.05, 0) is 17.5 Å². The van der Waals surface area contributed by atoms with Gasteiger partial charge >= 0.3 is 6.18 Å². The van der Waals surface area contributed by atoms with Crippen LogP contribution in [0.3, 0.4) is 0 Å². The maximum absolute atomic E-state index is 12.8. The number of furan rings is 1. The predicted molar refractivity (Wildman–Crippen MR) is 73.2 cm³/mol. The van der Waals surface area contributed by atoms with Gasteiger partial charge in [0, 0.05) is 17.3 Å². The molecule has 0 N–H and O–H groups in total. The molecule has 1 aliphatic rings. The summed E-state index contributed by atoms with van der Waals surface area (Å²) in [6, 6.07) is 7.39. The molecule has 0 saturated carbocycles. The SMILES string of the molecule is O=C1CC(c2ccccc2Br)Cc2occ(C(F)(F)F)c21. The van der Waals surface area contributed by atoms with Crippen LogP contribution >= 0.6 is 15.9 Å². The first-order chi connectivity index (χ1) is 9.88. The Kier molecular flexibility index (Phi) is 3.43. The van der Waals surface area contributed by atoms with Gasteiger partial charge < -0.3 is 4.42 Å². The summed E-state index contributed by atoms with van der Waals surface area (Å²) >= 11 is 3.41. The number of ketones is 1. The molecule has 0 amide bonds. The maximum atomic E-state index is 12.8. The Morgan fingerprint density at radius 3 is 2.57 bits per heavy atom. The van der Waals surface area contributed by atoms with Crippen molar-refractivity contribution in [2.45, 2.75) is 24.9 Å². The Hall–Kier alpha value is -1.56. The predicted octanol–water partition coefficient (Wildman–Crippen LogP) is 4.97. The van der Waals surface area contributed by atoms with Crippen LogP contribution < -0.4 is 0 Å². The van der Waals surface area contributed by atoms with E-state index in [0.717, 1.165) is 10.0 Å². The first-order valence-electron chi connectivity index (χ1n) is 6.33. The zero-order chi connectivity index (χ0) is 15.2. The van der Waals surface area contributed by atoms with Gasteiger partial charge in [0.15, 0.2) is 5.78 Å². The molecule has 1 atom stereocenters. The topological polar surface area (TPSA) is 30.2 Å². The molecule has 2 nitrogen and oxygen atoms in total. The monoisotopic (exact) mass is 358 g/mol. The molecule has 0 aliphatic heterocycles. The first-order valence-corrected chi connectivity index (χ1v) is 7.12. The van der Waals surface area contributed by atoms with Crippen LogP contribution in [0.1, 0.15) is 39.6 Å². The summed E-state index contributed by atoms with van der Waals surface area (Å²) < 4.78 is 44.4. The highest BCUT2D eigenvalue weighted by Gasteiger charge is 2.42. The van der Waals surface area contributed by atoms with Crippen LogP contribution in [0.15, 0.2) is 39.4 Å². The summed E-state index contributed by atoms with van der Waals surface area (Å²) in [5.74, 6) is -0.565. The normalized spacial score (nSPS) is 18.7. The lowest BCUT2D eigenvalue weighted by Crippen LogP contribution is -2.21. The molecule has 1 aliphatic carbocycles. The smallest absolute Gasteiger partial charge is 0.420 e. The highest BCUT2D eigenvalue weighted by Crippen LogP contribution is 2.42. The summed E-state index contributed by atoms with van der Waals surface area (Å²) in [5, 5.41) is 0. The van der Waals surface area contributed by atoms with Gasteiger partial charge in [0.2, 0.25) is 0 Å². The zero-order valence-electron chi connectivity index (χ0n) is 10.7. The second-order valence-electron chi connectivity index (χ2n) is 5.00. The molecule has 0 fully saturated rings. The maximum Gasteiger partial charge on any atom is 0.420 e. The standard InChI is InChI=1S/C15H10BrF3O2/c16-11-4-2-1-3-9(11)8-5-12(20)14-10(15(17,18)19)7-21-13(14)6-8/h1-4,7-8H,5-6H2. The molecule has 1 aromatic heterocycles. The minimum absolute atomic E-state index is 0.0538. The zero-order valence-corrected chi connectivity index (χ0v) is 12.3. The molecule has 0 saturated heterocycles. The lowest BCUT2D eigenvalue weighted by Gasteiger charge is -2.22. The van der Waals surface area contributed by atoms with Gasteiger partial charge in [0.05, 0.1) is 5.56 Å². The molecule has 6 heteroatoms. The molecule has 0 bridgehead atoms. The van der Waals surface area contributed by atoms with Crippen LogP contribution in [-0.2, 0) is 12.6 Å². The van der Waals surface area contributed by atoms with E-state index in [0.29, 0.717) is 12.7 Å². The van der Waals surface area contributed by atoms with Crippen molar-refractivity contribution in [1.82, 2.24) is 0 Å². The van der Waals surface area contributed by atoms with E-state index in [1.54, 1.807) is 0 Å². The number of fused-ring (bicyclic) bond motifs is 1. The van der Waals surface area contributed by atoms with Crippen LogP contribution in [0, 0.1) is 0 Å². The molecular weight excluding hydrogens is 349 g/mol. The number of rotatable bonds is 1. The second kappa shape index (κ2) is 5.02. The van der Waals surface area contributed by atoms with Gasteiger partial charge in [-0.15, -0.1) is 0 Å². The number of benzene rings is 1. The Morgan fingerprint density at radius 1 is 1.19 bits per heavy atom. The van der Waals surface area contributed by atoms with Crippen LogP contribution in [-0.4, -0.2) is 5.78 Å². The molecule has 2 aromatic rings. The van der Waals surface area contributed by atoms with Crippen LogP contribution in [0.4, 0.5) is 13.2 Å². The molecule has 0 radical (unpaired) electrons. The number of halogens is 4. The summed E-state index contributed by atoms with van der Waals surface area (Å²) in [4.78, 5) is 12.1. The van der Waals surface area contributed by atoms with Crippen molar-refractivity contribution in [3.8, 4) is 0 Å². The fourth-order valence-corrected chi connectivity index (χ4v) is 3.32. The minimum atomic E-state index is -4.56. The fourth-order valence-electron chi connectivity index (χ4n) is 2.71. The van der Waals surface area contributed by atoms with Gasteiger partial charge in [-0.3, -0.25) is 4.79 Å². The number of carbonyl (C=O) groups excluding carboxylic acids is 1. The number of alkyl halides is 3. The summed E-state index contributed by atoms with van der Waals surface area (Å²) in [5.41, 5.74) is -0.361. The molecule has 21 heavy (non-hydrogen) atoms. The van der Waals surface area contributed by atoms with Gasteiger partial charge in [0.1, 0.15) is 17.6 Å². The first kappa shape index (κ1) is 14.4. The third-order valence-corrected chi connectivity index (χ3v) is 4.38. The molecule has 1 heterocycles. The second-order valence-corrected chi connectivity index (χ2v) is 5.85. The Morgan fingerprint density at radius 2 is 1.90 bits per heavy atom. The highest BCUT2D eigenvalue weighted by atomic mass is 79.9. The summed E-state index contributed by atoms with van der Waals surface area (Å²) in [6.07, 6.45) is -3.57. The average Bonchev–Trinajstić information content (AvgIpc) is 2.83. The van der Waals surface area contributed by atoms with E-state index in [9.17, 15) is 18.0 Å². The highest BCUT2D eigenvalue weighted by molar-refractivity contribution is 9.10. The number of carbonyl (C=O) groups is 1. The summed E-state index contributed by atoms with van der Waals surface area (Å²) in [7, 11) is 0. The van der Waals surface area contributed by atoms with Crippen LogP contribution in [0.25, 0.3) is 0 Å². The van der Waals surface area contributed by atoms with Gasteiger partial charge in [-0.1, -0.05) is 34.1 Å². The van der Waals surface area contributed by atoms with Gasteiger partial charge in [0.25, 0.3) is 0 Å². The number of hydrogen-bond acceptors (Lipinski definition) is 2. The average molecular weight is 359 g/mol. The van der Waals surface area contributed by atoms with Crippen LogP contribution in [0.2, 0.25) is 0 Å². The van der Waals surface area contributed by atoms with E-state index in [1.165, 1.54) is 0 Å². The number of Topliss-reactive ketones (excluding diaryl/α,β-unsaturated/α-hetero) is 1. The van der Waals surface area contributed by atoms with Crippen molar-refractivity contribution in [2.24, 2.45) is 0 Å². The van der Waals surface area contributed by atoms with E-state index in [1.807, 2.05) is 24.3 Å². The lowest BCUT2D eigenvalue weighted by molar-refractivity contribution is -0.138. The van der Waals surface area contributed by atoms with Gasteiger partial charge in [-0.25, -0.2) is 0 Å². The molecule has 3 rings (SSSR count). The Balaban J connectivity index is 2.00. The molecular formula is C15H10BrF3O2. The van der Waals surface area contributed by atoms with E-state index in [2.05, 4.69) is 15.9 Å². The van der Waals surface area contributed by atoms with E-state index >= 15 is 0 Å². The van der Waals surface area contributed by atoms with E-state index in [-0.39, 0.29) is 23.7 Å². The molecule has 1 unspecified atom stereocenters.